The van der Waals surface area contributed by atoms with Crippen molar-refractivity contribution in [3.63, 3.8) is 0 Å². The van der Waals surface area contributed by atoms with Crippen LogP contribution in [0.15, 0.2) is 0 Å². The quantitative estimate of drug-likeness (QED) is 0.617. The van der Waals surface area contributed by atoms with E-state index in [9.17, 15) is 15.0 Å². The van der Waals surface area contributed by atoms with Crippen LogP contribution < -0.4 is 5.32 Å². The van der Waals surface area contributed by atoms with Crippen molar-refractivity contribution >= 4 is 5.97 Å². The molecule has 1 aliphatic rings. The normalized spacial score (nSPS) is 21.1. The third-order valence-electron chi connectivity index (χ3n) is 3.31. The molecule has 1 fully saturated rings. The Morgan fingerprint density at radius 3 is 2.59 bits per heavy atom. The van der Waals surface area contributed by atoms with Crippen LogP contribution in [0.2, 0.25) is 0 Å². The minimum Gasteiger partial charge on any atom is -0.480 e. The first-order valence-electron chi connectivity index (χ1n) is 6.35. The summed E-state index contributed by atoms with van der Waals surface area (Å²) in [6.07, 6.45) is 3.60. The molecule has 1 aliphatic carbocycles. The van der Waals surface area contributed by atoms with Gasteiger partial charge in [0.05, 0.1) is 12.7 Å². The fourth-order valence-electron chi connectivity index (χ4n) is 2.25. The van der Waals surface area contributed by atoms with E-state index in [2.05, 4.69) is 5.32 Å². The number of aliphatic hydroxyl groups excluding tert-OH is 1. The highest BCUT2D eigenvalue weighted by Crippen LogP contribution is 2.28. The molecule has 0 radical (unpaired) electrons. The largest absolute Gasteiger partial charge is 0.480 e. The molecule has 0 saturated heterocycles. The molecule has 0 aromatic rings. The highest BCUT2D eigenvalue weighted by Gasteiger charge is 2.39. The summed E-state index contributed by atoms with van der Waals surface area (Å²) in [5.41, 5.74) is -0.842. The summed E-state index contributed by atoms with van der Waals surface area (Å²) in [5, 5.41) is 21.9. The molecule has 1 atom stereocenters. The summed E-state index contributed by atoms with van der Waals surface area (Å²) in [6.45, 7) is 2.94. The number of carboxylic acid groups (broad SMARTS) is 1. The molecular weight excluding hydrogens is 222 g/mol. The van der Waals surface area contributed by atoms with Crippen molar-refractivity contribution in [1.82, 2.24) is 5.32 Å². The minimum atomic E-state index is -0.842. The van der Waals surface area contributed by atoms with Crippen LogP contribution in [0.3, 0.4) is 0 Å². The maximum Gasteiger partial charge on any atom is 0.323 e. The zero-order chi connectivity index (χ0) is 12.7. The summed E-state index contributed by atoms with van der Waals surface area (Å²) in [4.78, 5) is 11.3. The Morgan fingerprint density at radius 1 is 1.41 bits per heavy atom. The minimum absolute atomic E-state index is 0.249. The monoisotopic (exact) mass is 245 g/mol. The molecule has 17 heavy (non-hydrogen) atoms. The van der Waals surface area contributed by atoms with E-state index in [0.29, 0.717) is 19.4 Å². The highest BCUT2D eigenvalue weighted by atomic mass is 16.5. The standard InChI is InChI=1S/C12H23NO4/c1-2-17-9-10(14)8-13-12(11(15)16)6-4-3-5-7-12/h10,13-14H,2-9H2,1H3,(H,15,16). The third kappa shape index (κ3) is 4.26. The van der Waals surface area contributed by atoms with Crippen molar-refractivity contribution in [1.29, 1.82) is 0 Å². The molecule has 0 spiro atoms. The van der Waals surface area contributed by atoms with Gasteiger partial charge in [-0.25, -0.2) is 0 Å². The number of carbonyl (C=O) groups is 1. The van der Waals surface area contributed by atoms with Crippen LogP contribution in [0.4, 0.5) is 0 Å². The first kappa shape index (κ1) is 14.4. The molecule has 100 valence electrons. The van der Waals surface area contributed by atoms with E-state index in [1.54, 1.807) is 0 Å². The van der Waals surface area contributed by atoms with Crippen LogP contribution in [-0.2, 0) is 9.53 Å². The van der Waals surface area contributed by atoms with Crippen LogP contribution in [0, 0.1) is 0 Å². The van der Waals surface area contributed by atoms with E-state index < -0.39 is 17.6 Å². The summed E-state index contributed by atoms with van der Waals surface area (Å²) in [5.74, 6) is -0.805. The summed E-state index contributed by atoms with van der Waals surface area (Å²) < 4.78 is 5.09. The molecule has 0 aliphatic heterocycles. The Labute approximate surface area is 102 Å². The molecule has 0 heterocycles. The third-order valence-corrected chi connectivity index (χ3v) is 3.31. The second kappa shape index (κ2) is 6.93. The van der Waals surface area contributed by atoms with Crippen molar-refractivity contribution in [2.45, 2.75) is 50.7 Å². The lowest BCUT2D eigenvalue weighted by atomic mass is 9.81. The van der Waals surface area contributed by atoms with E-state index in [4.69, 9.17) is 4.74 Å². The van der Waals surface area contributed by atoms with Gasteiger partial charge in [0.1, 0.15) is 5.54 Å². The highest BCUT2D eigenvalue weighted by molar-refractivity contribution is 5.78. The van der Waals surface area contributed by atoms with Gasteiger partial charge in [-0.1, -0.05) is 19.3 Å². The van der Waals surface area contributed by atoms with Gasteiger partial charge >= 0.3 is 5.97 Å². The van der Waals surface area contributed by atoms with Crippen LogP contribution in [-0.4, -0.2) is 47.6 Å². The SMILES string of the molecule is CCOCC(O)CNC1(C(=O)O)CCCCC1. The van der Waals surface area contributed by atoms with Crippen molar-refractivity contribution < 1.29 is 19.7 Å². The van der Waals surface area contributed by atoms with Gasteiger partial charge in [-0.3, -0.25) is 10.1 Å². The lowest BCUT2D eigenvalue weighted by Gasteiger charge is -2.34. The zero-order valence-electron chi connectivity index (χ0n) is 10.4. The van der Waals surface area contributed by atoms with Gasteiger partial charge in [-0.2, -0.15) is 0 Å². The van der Waals surface area contributed by atoms with E-state index in [0.717, 1.165) is 19.3 Å². The molecule has 5 heteroatoms. The number of ether oxygens (including phenoxy) is 1. The van der Waals surface area contributed by atoms with Crippen LogP contribution in [0.25, 0.3) is 0 Å². The number of carboxylic acids is 1. The Morgan fingerprint density at radius 2 is 2.06 bits per heavy atom. The average molecular weight is 245 g/mol. The van der Waals surface area contributed by atoms with E-state index in [1.165, 1.54) is 0 Å². The van der Waals surface area contributed by atoms with E-state index in [-0.39, 0.29) is 13.2 Å². The number of hydrogen-bond acceptors (Lipinski definition) is 4. The second-order valence-electron chi connectivity index (χ2n) is 4.64. The summed E-state index contributed by atoms with van der Waals surface area (Å²) in [6, 6.07) is 0. The van der Waals surface area contributed by atoms with Gasteiger partial charge < -0.3 is 14.9 Å². The van der Waals surface area contributed by atoms with Gasteiger partial charge in [-0.15, -0.1) is 0 Å². The lowest BCUT2D eigenvalue weighted by Crippen LogP contribution is -2.55. The zero-order valence-corrected chi connectivity index (χ0v) is 10.4. The summed E-state index contributed by atoms with van der Waals surface area (Å²) in [7, 11) is 0. The molecule has 0 bridgehead atoms. The molecule has 0 amide bonds. The fourth-order valence-corrected chi connectivity index (χ4v) is 2.25. The predicted molar refractivity (Wildman–Crippen MR) is 64.0 cm³/mol. The Balaban J connectivity index is 2.41. The number of β-amino-alcohol motifs (C(OH)–C–C–N with tert-alkyl or cyclic N) is 1. The average Bonchev–Trinajstić information content (AvgIpc) is 2.34. The lowest BCUT2D eigenvalue weighted by molar-refractivity contribution is -0.146. The van der Waals surface area contributed by atoms with Gasteiger partial charge in [0.25, 0.3) is 0 Å². The topological polar surface area (TPSA) is 78.8 Å². The maximum atomic E-state index is 11.3. The molecular formula is C12H23NO4. The smallest absolute Gasteiger partial charge is 0.323 e. The number of aliphatic carboxylic acids is 1. The number of aliphatic hydroxyl groups is 1. The Kier molecular flexibility index (Phi) is 5.88. The van der Waals surface area contributed by atoms with Crippen molar-refractivity contribution in [2.24, 2.45) is 0 Å². The van der Waals surface area contributed by atoms with Gasteiger partial charge in [0.2, 0.25) is 0 Å². The number of rotatable bonds is 7. The first-order chi connectivity index (χ1) is 8.10. The molecule has 1 unspecified atom stereocenters. The Hall–Kier alpha value is -0.650. The van der Waals surface area contributed by atoms with Crippen molar-refractivity contribution in [3.8, 4) is 0 Å². The predicted octanol–water partition coefficient (Wildman–Crippen LogP) is 0.761. The second-order valence-corrected chi connectivity index (χ2v) is 4.64. The maximum absolute atomic E-state index is 11.3. The first-order valence-corrected chi connectivity index (χ1v) is 6.35. The van der Waals surface area contributed by atoms with Crippen molar-refractivity contribution in [3.05, 3.63) is 0 Å². The van der Waals surface area contributed by atoms with Crippen LogP contribution >= 0.6 is 0 Å². The Bertz CT molecular complexity index is 239. The van der Waals surface area contributed by atoms with Crippen LogP contribution in [0.1, 0.15) is 39.0 Å². The van der Waals surface area contributed by atoms with Gasteiger partial charge in [0.15, 0.2) is 0 Å². The molecule has 1 rings (SSSR count). The summed E-state index contributed by atoms with van der Waals surface area (Å²) >= 11 is 0. The molecule has 0 aromatic carbocycles. The number of nitrogens with one attached hydrogen (secondary N) is 1. The van der Waals surface area contributed by atoms with E-state index >= 15 is 0 Å². The van der Waals surface area contributed by atoms with Crippen molar-refractivity contribution in [2.75, 3.05) is 19.8 Å². The molecule has 3 N–H and O–H groups in total. The van der Waals surface area contributed by atoms with E-state index in [1.807, 2.05) is 6.92 Å². The molecule has 5 nitrogen and oxygen atoms in total. The van der Waals surface area contributed by atoms with Gasteiger partial charge in [0, 0.05) is 13.2 Å². The number of hydrogen-bond donors (Lipinski definition) is 3. The van der Waals surface area contributed by atoms with Gasteiger partial charge in [-0.05, 0) is 19.8 Å². The molecule has 0 aromatic heterocycles. The van der Waals surface area contributed by atoms with Crippen LogP contribution in [0.5, 0.6) is 0 Å². The molecule has 1 saturated carbocycles. The fraction of sp³-hybridized carbons (Fsp3) is 0.917.